The summed E-state index contributed by atoms with van der Waals surface area (Å²) in [5.74, 6) is 5.28. The molecule has 4 N–H and O–H groups in total. The summed E-state index contributed by atoms with van der Waals surface area (Å²) in [5, 5.41) is 21.4. The van der Waals surface area contributed by atoms with Gasteiger partial charge in [-0.25, -0.2) is 4.68 Å². The molecule has 1 aliphatic rings. The van der Waals surface area contributed by atoms with Crippen LogP contribution in [0, 0.1) is 18.8 Å². The molecule has 2 amide bonds. The zero-order chi connectivity index (χ0) is 23.9. The molecule has 10 heteroatoms. The number of benzene rings is 1. The highest BCUT2D eigenvalue weighted by Crippen LogP contribution is 2.35. The Balaban J connectivity index is 1.84. The number of fused-ring (bicyclic) bond motifs is 3. The van der Waals surface area contributed by atoms with Crippen LogP contribution < -0.4 is 15.8 Å². The average molecular weight is 449 g/mol. The Bertz CT molecular complexity index is 1320. The molecule has 0 bridgehead atoms. The van der Waals surface area contributed by atoms with E-state index in [0.29, 0.717) is 34.1 Å². The van der Waals surface area contributed by atoms with Gasteiger partial charge in [0.25, 0.3) is 11.8 Å². The summed E-state index contributed by atoms with van der Waals surface area (Å²) in [6.45, 7) is 5.38. The molecule has 1 aromatic carbocycles. The van der Waals surface area contributed by atoms with Gasteiger partial charge in [-0.05, 0) is 32.0 Å². The highest BCUT2D eigenvalue weighted by Gasteiger charge is 2.33. The van der Waals surface area contributed by atoms with Gasteiger partial charge < -0.3 is 25.4 Å². The molecule has 10 nitrogen and oxygen atoms in total. The van der Waals surface area contributed by atoms with Crippen molar-refractivity contribution in [2.24, 2.45) is 5.73 Å². The molecule has 170 valence electrons. The Morgan fingerprint density at radius 3 is 2.76 bits per heavy atom. The van der Waals surface area contributed by atoms with Crippen molar-refractivity contribution in [3.8, 4) is 23.3 Å². The molecular formula is C23H23N5O5. The van der Waals surface area contributed by atoms with Gasteiger partial charge in [-0.2, -0.15) is 5.10 Å². The van der Waals surface area contributed by atoms with Crippen LogP contribution in [0.1, 0.15) is 63.3 Å². The summed E-state index contributed by atoms with van der Waals surface area (Å²) in [6, 6.07) is 6.78. The van der Waals surface area contributed by atoms with Crippen molar-refractivity contribution in [1.82, 2.24) is 20.3 Å². The van der Waals surface area contributed by atoms with Crippen LogP contribution in [-0.2, 0) is 5.60 Å². The van der Waals surface area contributed by atoms with Gasteiger partial charge >= 0.3 is 0 Å². The number of aryl methyl sites for hydroxylation is 1. The maximum atomic E-state index is 12.6. The number of ether oxygens (including phenoxy) is 1. The van der Waals surface area contributed by atoms with Crippen molar-refractivity contribution in [3.63, 3.8) is 0 Å². The first-order chi connectivity index (χ1) is 15.6. The average Bonchev–Trinajstić information content (AvgIpc) is 3.37. The molecule has 0 unspecified atom stereocenters. The zero-order valence-electron chi connectivity index (χ0n) is 18.6. The topological polar surface area (TPSA) is 146 Å². The third-order valence-electron chi connectivity index (χ3n) is 5.33. The lowest BCUT2D eigenvalue weighted by Gasteiger charge is -2.12. The van der Waals surface area contributed by atoms with Crippen LogP contribution in [-0.4, -0.2) is 45.5 Å². The maximum absolute atomic E-state index is 12.6. The highest BCUT2D eigenvalue weighted by atomic mass is 16.5. The number of hydrogen-bond donors (Lipinski definition) is 3. The van der Waals surface area contributed by atoms with Gasteiger partial charge in [-0.15, -0.1) is 0 Å². The number of carbonyl (C=O) groups excluding carboxylic acids is 2. The number of nitrogens with two attached hydrogens (primary N) is 1. The molecule has 33 heavy (non-hydrogen) atoms. The normalized spacial score (nSPS) is 16.2. The molecule has 0 saturated carbocycles. The van der Waals surface area contributed by atoms with Gasteiger partial charge in [-0.1, -0.05) is 23.9 Å². The fourth-order valence-corrected chi connectivity index (χ4v) is 3.62. The Morgan fingerprint density at radius 2 is 2.12 bits per heavy atom. The number of carbonyl (C=O) groups is 2. The van der Waals surface area contributed by atoms with Crippen LogP contribution in [0.4, 0.5) is 0 Å². The first-order valence-electron chi connectivity index (χ1n) is 10.2. The second-order valence-electron chi connectivity index (χ2n) is 8.00. The van der Waals surface area contributed by atoms with Gasteiger partial charge in [0.05, 0.1) is 17.9 Å². The molecule has 1 aliphatic heterocycles. The largest absolute Gasteiger partial charge is 0.491 e. The monoisotopic (exact) mass is 449 g/mol. The lowest BCUT2D eigenvalue weighted by Crippen LogP contribution is -2.25. The number of aromatic nitrogens is 3. The summed E-state index contributed by atoms with van der Waals surface area (Å²) in [5.41, 5.74) is 5.85. The van der Waals surface area contributed by atoms with Gasteiger partial charge in [0.15, 0.2) is 11.3 Å². The van der Waals surface area contributed by atoms with Gasteiger partial charge in [0.1, 0.15) is 22.9 Å². The fourth-order valence-electron chi connectivity index (χ4n) is 3.62. The fraction of sp³-hybridized carbons (Fsp3) is 0.304. The van der Waals surface area contributed by atoms with Crippen LogP contribution in [0.3, 0.4) is 0 Å². The molecule has 0 fully saturated rings. The minimum absolute atomic E-state index is 0.120. The molecule has 0 saturated heterocycles. The van der Waals surface area contributed by atoms with Crippen molar-refractivity contribution < 1.29 is 24.0 Å². The quantitative estimate of drug-likeness (QED) is 0.512. The molecule has 0 radical (unpaired) electrons. The third kappa shape index (κ3) is 3.94. The van der Waals surface area contributed by atoms with Gasteiger partial charge in [0.2, 0.25) is 0 Å². The van der Waals surface area contributed by atoms with Crippen molar-refractivity contribution in [1.29, 1.82) is 0 Å². The van der Waals surface area contributed by atoms with Crippen LogP contribution in [0.5, 0.6) is 5.75 Å². The van der Waals surface area contributed by atoms with E-state index in [9.17, 15) is 14.7 Å². The van der Waals surface area contributed by atoms with Crippen molar-refractivity contribution in [2.75, 3.05) is 13.7 Å². The van der Waals surface area contributed by atoms with E-state index in [1.807, 2.05) is 6.92 Å². The van der Waals surface area contributed by atoms with Gasteiger partial charge in [-0.3, -0.25) is 9.59 Å². The standard InChI is InChI=1S/C23H23N5O5/c1-12-11-32-16-6-5-14(7-8-23(3,31)17-9-13(2)33-27-17)10-15(16)28-20(12)18(22(30)25-4)19(26-28)21(24)29/h5-6,9-10,12,31H,11H2,1-4H3,(H2,24,29)(H,25,30)/t12-,23+/m0/s1. The second-order valence-corrected chi connectivity index (χ2v) is 8.00. The van der Waals surface area contributed by atoms with E-state index in [-0.39, 0.29) is 23.8 Å². The predicted octanol–water partition coefficient (Wildman–Crippen LogP) is 1.38. The first-order valence-corrected chi connectivity index (χ1v) is 10.2. The molecular weight excluding hydrogens is 426 g/mol. The number of amides is 2. The minimum Gasteiger partial charge on any atom is -0.491 e. The molecule has 0 aliphatic carbocycles. The molecule has 0 spiro atoms. The van der Waals surface area contributed by atoms with Crippen LogP contribution in [0.25, 0.3) is 5.69 Å². The second kappa shape index (κ2) is 8.11. The summed E-state index contributed by atoms with van der Waals surface area (Å²) in [4.78, 5) is 24.6. The van der Waals surface area contributed by atoms with Crippen molar-refractivity contribution in [2.45, 2.75) is 32.3 Å². The maximum Gasteiger partial charge on any atom is 0.270 e. The van der Waals surface area contributed by atoms with Crippen molar-refractivity contribution in [3.05, 3.63) is 58.2 Å². The predicted molar refractivity (Wildman–Crippen MR) is 117 cm³/mol. The first kappa shape index (κ1) is 22.1. The number of hydrogen-bond acceptors (Lipinski definition) is 7. The third-order valence-corrected chi connectivity index (χ3v) is 5.33. The number of nitrogens with zero attached hydrogens (tertiary/aromatic N) is 3. The molecule has 2 atom stereocenters. The van der Waals surface area contributed by atoms with E-state index < -0.39 is 17.4 Å². The Kier molecular flexibility index (Phi) is 5.43. The molecule has 3 heterocycles. The summed E-state index contributed by atoms with van der Waals surface area (Å²) in [6.07, 6.45) is 0. The van der Waals surface area contributed by atoms with E-state index in [4.69, 9.17) is 15.0 Å². The van der Waals surface area contributed by atoms with E-state index >= 15 is 0 Å². The van der Waals surface area contributed by atoms with E-state index in [1.54, 1.807) is 31.2 Å². The highest BCUT2D eigenvalue weighted by molar-refractivity contribution is 6.06. The Morgan fingerprint density at radius 1 is 1.36 bits per heavy atom. The molecule has 2 aromatic heterocycles. The lowest BCUT2D eigenvalue weighted by atomic mass is 10.0. The Labute approximate surface area is 189 Å². The smallest absolute Gasteiger partial charge is 0.270 e. The number of aliphatic hydroxyl groups is 1. The lowest BCUT2D eigenvalue weighted by molar-refractivity contribution is 0.0941. The van der Waals surface area contributed by atoms with E-state index in [1.165, 1.54) is 18.7 Å². The van der Waals surface area contributed by atoms with Crippen LogP contribution >= 0.6 is 0 Å². The molecule has 4 rings (SSSR count). The van der Waals surface area contributed by atoms with Crippen molar-refractivity contribution >= 4 is 11.8 Å². The zero-order valence-corrected chi connectivity index (χ0v) is 18.6. The van der Waals surface area contributed by atoms with Crippen LogP contribution in [0.15, 0.2) is 28.8 Å². The number of nitrogens with one attached hydrogen (secondary N) is 1. The minimum atomic E-state index is -1.53. The number of rotatable bonds is 3. The SMILES string of the molecule is CNC(=O)c1c(C(N)=O)nn2c1[C@@H](C)COc1ccc(C#C[C@@](C)(O)c3cc(C)on3)cc1-2. The summed E-state index contributed by atoms with van der Waals surface area (Å²) in [7, 11) is 1.47. The summed E-state index contributed by atoms with van der Waals surface area (Å²) >= 11 is 0. The Hall–Kier alpha value is -4.10. The summed E-state index contributed by atoms with van der Waals surface area (Å²) < 4.78 is 12.4. The number of primary amides is 1. The van der Waals surface area contributed by atoms with Gasteiger partial charge in [0, 0.05) is 24.6 Å². The van der Waals surface area contributed by atoms with Crippen LogP contribution in [0.2, 0.25) is 0 Å². The van der Waals surface area contributed by atoms with E-state index in [0.717, 1.165) is 0 Å². The van der Waals surface area contributed by atoms with E-state index in [2.05, 4.69) is 27.4 Å². The molecule has 3 aromatic rings.